The Hall–Kier alpha value is -2.28. The molecule has 1 unspecified atom stereocenters. The molecule has 0 spiro atoms. The normalized spacial score (nSPS) is 12.4. The minimum absolute atomic E-state index is 0.0588. The van der Waals surface area contributed by atoms with Crippen molar-refractivity contribution in [2.24, 2.45) is 0 Å². The van der Waals surface area contributed by atoms with Crippen molar-refractivity contribution in [2.45, 2.75) is 25.8 Å². The van der Waals surface area contributed by atoms with Crippen molar-refractivity contribution in [3.05, 3.63) is 52.9 Å². The van der Waals surface area contributed by atoms with Gasteiger partial charge in [0.2, 0.25) is 0 Å². The molecule has 130 valence electrons. The lowest BCUT2D eigenvalue weighted by molar-refractivity contribution is 0.0935. The average Bonchev–Trinajstić information content (AvgIpc) is 2.98. The number of nitrogens with zero attached hydrogens (tertiary/aromatic N) is 2. The van der Waals surface area contributed by atoms with E-state index in [1.54, 1.807) is 25.1 Å². The van der Waals surface area contributed by atoms with E-state index in [4.69, 9.17) is 0 Å². The molecule has 1 aromatic heterocycles. The van der Waals surface area contributed by atoms with Gasteiger partial charge in [0.1, 0.15) is 17.3 Å². The molecule has 2 aromatic rings. The van der Waals surface area contributed by atoms with Gasteiger partial charge in [0.25, 0.3) is 5.91 Å². The van der Waals surface area contributed by atoms with Crippen molar-refractivity contribution in [2.75, 3.05) is 20.6 Å². The molecule has 0 aliphatic heterocycles. The van der Waals surface area contributed by atoms with Crippen LogP contribution in [0, 0.1) is 11.6 Å². The van der Waals surface area contributed by atoms with Gasteiger partial charge in [-0.3, -0.25) is 9.89 Å². The number of H-pyrrole nitrogens is 1. The van der Waals surface area contributed by atoms with E-state index in [1.807, 2.05) is 6.92 Å². The van der Waals surface area contributed by atoms with E-state index in [-0.39, 0.29) is 23.7 Å². The van der Waals surface area contributed by atoms with Crippen molar-refractivity contribution in [3.63, 3.8) is 0 Å². The Labute approximate surface area is 140 Å². The van der Waals surface area contributed by atoms with Crippen LogP contribution in [0.2, 0.25) is 0 Å². The van der Waals surface area contributed by atoms with Crippen molar-refractivity contribution in [1.82, 2.24) is 20.4 Å². The number of carbonyl (C=O) groups is 1. The zero-order chi connectivity index (χ0) is 17.7. The first-order valence-corrected chi connectivity index (χ1v) is 7.86. The molecular formula is C17H22F2N4O. The van der Waals surface area contributed by atoms with E-state index >= 15 is 0 Å². The average molecular weight is 336 g/mol. The van der Waals surface area contributed by atoms with Crippen LogP contribution in [0.5, 0.6) is 0 Å². The van der Waals surface area contributed by atoms with Crippen LogP contribution in [0.1, 0.15) is 41.1 Å². The van der Waals surface area contributed by atoms with E-state index < -0.39 is 17.7 Å². The SMILES string of the molecule is CCCc1cc(C(=O)NCC(c2c(F)cccc2F)N(C)C)n[nH]1. The fourth-order valence-corrected chi connectivity index (χ4v) is 2.53. The number of hydrogen-bond acceptors (Lipinski definition) is 3. The largest absolute Gasteiger partial charge is 0.349 e. The molecule has 5 nitrogen and oxygen atoms in total. The molecule has 0 radical (unpaired) electrons. The number of rotatable bonds is 7. The maximum absolute atomic E-state index is 14.0. The predicted molar refractivity (Wildman–Crippen MR) is 87.7 cm³/mol. The first-order valence-electron chi connectivity index (χ1n) is 7.86. The number of aryl methyl sites for hydroxylation is 1. The van der Waals surface area contributed by atoms with Gasteiger partial charge in [-0.15, -0.1) is 0 Å². The first-order chi connectivity index (χ1) is 11.4. The molecule has 0 saturated carbocycles. The fraction of sp³-hybridized carbons (Fsp3) is 0.412. The summed E-state index contributed by atoms with van der Waals surface area (Å²) in [5.41, 5.74) is 1.09. The standard InChI is InChI=1S/C17H22F2N4O/c1-4-6-11-9-14(22-21-11)17(24)20-10-15(23(2)3)16-12(18)7-5-8-13(16)19/h5,7-9,15H,4,6,10H2,1-3H3,(H,20,24)(H,21,22). The smallest absolute Gasteiger partial charge is 0.271 e. The van der Waals surface area contributed by atoms with Crippen molar-refractivity contribution in [3.8, 4) is 0 Å². The lowest BCUT2D eigenvalue weighted by atomic mass is 10.0. The lowest BCUT2D eigenvalue weighted by Gasteiger charge is -2.25. The van der Waals surface area contributed by atoms with Crippen molar-refractivity contribution >= 4 is 5.91 Å². The molecule has 0 saturated heterocycles. The van der Waals surface area contributed by atoms with E-state index in [0.29, 0.717) is 0 Å². The second-order valence-electron chi connectivity index (χ2n) is 5.85. The van der Waals surface area contributed by atoms with Gasteiger partial charge in [-0.05, 0) is 38.7 Å². The van der Waals surface area contributed by atoms with Crippen LogP contribution in [0.3, 0.4) is 0 Å². The maximum Gasteiger partial charge on any atom is 0.271 e. The van der Waals surface area contributed by atoms with Gasteiger partial charge in [0.15, 0.2) is 0 Å². The van der Waals surface area contributed by atoms with Crippen LogP contribution < -0.4 is 5.32 Å². The summed E-state index contributed by atoms with van der Waals surface area (Å²) < 4.78 is 28.0. The van der Waals surface area contributed by atoms with E-state index in [2.05, 4.69) is 15.5 Å². The first kappa shape index (κ1) is 18.1. The van der Waals surface area contributed by atoms with Gasteiger partial charge in [0, 0.05) is 17.8 Å². The topological polar surface area (TPSA) is 61.0 Å². The number of aromatic nitrogens is 2. The highest BCUT2D eigenvalue weighted by Gasteiger charge is 2.23. The summed E-state index contributed by atoms with van der Waals surface area (Å²) in [6.45, 7) is 2.10. The Morgan fingerprint density at radius 3 is 2.58 bits per heavy atom. The number of benzene rings is 1. The second kappa shape index (κ2) is 8.01. The Morgan fingerprint density at radius 1 is 1.33 bits per heavy atom. The zero-order valence-corrected chi connectivity index (χ0v) is 14.1. The number of amides is 1. The van der Waals surface area contributed by atoms with Crippen LogP contribution in [-0.4, -0.2) is 41.6 Å². The third-order valence-electron chi connectivity index (χ3n) is 3.80. The lowest BCUT2D eigenvalue weighted by Crippen LogP contribution is -2.35. The number of hydrogen-bond donors (Lipinski definition) is 2. The summed E-state index contributed by atoms with van der Waals surface area (Å²) in [4.78, 5) is 13.9. The summed E-state index contributed by atoms with van der Waals surface area (Å²) in [5, 5.41) is 9.47. The molecule has 0 fully saturated rings. The van der Waals surface area contributed by atoms with Gasteiger partial charge >= 0.3 is 0 Å². The van der Waals surface area contributed by atoms with E-state index in [0.717, 1.165) is 18.5 Å². The Balaban J connectivity index is 2.10. The Bertz CT molecular complexity index is 679. The van der Waals surface area contributed by atoms with Gasteiger partial charge in [0.05, 0.1) is 6.04 Å². The van der Waals surface area contributed by atoms with Crippen LogP contribution >= 0.6 is 0 Å². The third kappa shape index (κ3) is 4.17. The van der Waals surface area contributed by atoms with Crippen LogP contribution in [0.15, 0.2) is 24.3 Å². The molecule has 2 N–H and O–H groups in total. The molecule has 1 amide bonds. The Morgan fingerprint density at radius 2 is 2.00 bits per heavy atom. The molecule has 1 aromatic carbocycles. The Kier molecular flexibility index (Phi) is 6.03. The summed E-state index contributed by atoms with van der Waals surface area (Å²) in [6.07, 6.45) is 1.75. The number of carbonyl (C=O) groups excluding carboxylic acids is 1. The fourth-order valence-electron chi connectivity index (χ4n) is 2.53. The maximum atomic E-state index is 14.0. The summed E-state index contributed by atoms with van der Waals surface area (Å²) in [5.74, 6) is -1.64. The molecule has 7 heteroatoms. The van der Waals surface area contributed by atoms with Crippen LogP contribution in [0.4, 0.5) is 8.78 Å². The predicted octanol–water partition coefficient (Wildman–Crippen LogP) is 2.67. The number of nitrogens with one attached hydrogen (secondary N) is 2. The van der Waals surface area contributed by atoms with Gasteiger partial charge in [-0.25, -0.2) is 8.78 Å². The molecule has 0 bridgehead atoms. The van der Waals surface area contributed by atoms with Gasteiger partial charge < -0.3 is 10.2 Å². The van der Waals surface area contributed by atoms with Crippen molar-refractivity contribution < 1.29 is 13.6 Å². The number of aromatic amines is 1. The number of halogens is 2. The molecule has 0 aliphatic rings. The minimum atomic E-state index is -0.632. The van der Waals surface area contributed by atoms with Crippen LogP contribution in [-0.2, 0) is 6.42 Å². The molecule has 1 heterocycles. The minimum Gasteiger partial charge on any atom is -0.349 e. The van der Waals surface area contributed by atoms with E-state index in [9.17, 15) is 13.6 Å². The second-order valence-corrected chi connectivity index (χ2v) is 5.85. The highest BCUT2D eigenvalue weighted by Crippen LogP contribution is 2.24. The molecular weight excluding hydrogens is 314 g/mol. The zero-order valence-electron chi connectivity index (χ0n) is 14.1. The molecule has 1 atom stereocenters. The molecule has 0 aliphatic carbocycles. The number of likely N-dealkylation sites (N-methyl/N-ethyl adjacent to an activating group) is 1. The quantitative estimate of drug-likeness (QED) is 0.817. The van der Waals surface area contributed by atoms with Crippen LogP contribution in [0.25, 0.3) is 0 Å². The van der Waals surface area contributed by atoms with E-state index in [1.165, 1.54) is 18.2 Å². The molecule has 24 heavy (non-hydrogen) atoms. The monoisotopic (exact) mass is 336 g/mol. The summed E-state index contributed by atoms with van der Waals surface area (Å²) >= 11 is 0. The van der Waals surface area contributed by atoms with Crippen molar-refractivity contribution in [1.29, 1.82) is 0 Å². The highest BCUT2D eigenvalue weighted by atomic mass is 19.1. The summed E-state index contributed by atoms with van der Waals surface area (Å²) in [7, 11) is 3.41. The third-order valence-corrected chi connectivity index (χ3v) is 3.80. The van der Waals surface area contributed by atoms with Gasteiger partial charge in [-0.2, -0.15) is 5.10 Å². The van der Waals surface area contributed by atoms with Gasteiger partial charge in [-0.1, -0.05) is 19.4 Å². The molecule has 2 rings (SSSR count). The summed E-state index contributed by atoms with van der Waals surface area (Å²) in [6, 6.07) is 4.80. The highest BCUT2D eigenvalue weighted by molar-refractivity contribution is 5.92.